The third kappa shape index (κ3) is 21.8. The minimum absolute atomic E-state index is 0. The first kappa shape index (κ1) is 41.2. The van der Waals surface area contributed by atoms with E-state index in [1.807, 2.05) is 4.90 Å². The Morgan fingerprint density at radius 2 is 0.786 bits per heavy atom. The minimum atomic E-state index is -0.335. The number of piperidine rings is 4. The summed E-state index contributed by atoms with van der Waals surface area (Å²) in [4.78, 5) is 25.2. The molecule has 0 radical (unpaired) electrons. The van der Waals surface area contributed by atoms with Gasteiger partial charge in [-0.25, -0.2) is 0 Å². The molecule has 0 saturated carbocycles. The summed E-state index contributed by atoms with van der Waals surface area (Å²) in [7, 11) is 10.9. The Labute approximate surface area is 263 Å². The number of hydrogen-bond donors (Lipinski definition) is 1. The maximum absolute atomic E-state index is 11.4. The van der Waals surface area contributed by atoms with Crippen molar-refractivity contribution in [2.75, 3.05) is 114 Å². The summed E-state index contributed by atoms with van der Waals surface area (Å²) in [5, 5.41) is 0. The van der Waals surface area contributed by atoms with Crippen molar-refractivity contribution in [3.63, 3.8) is 0 Å². The smallest absolute Gasteiger partial charge is 0.239 e. The van der Waals surface area contributed by atoms with Crippen molar-refractivity contribution in [1.29, 1.82) is 0 Å². The fourth-order valence-corrected chi connectivity index (χ4v) is 5.58. The lowest BCUT2D eigenvalue weighted by Crippen LogP contribution is -2.45. The quantitative estimate of drug-likeness (QED) is 0.481. The molecule has 0 bridgehead atoms. The second kappa shape index (κ2) is 25.5. The van der Waals surface area contributed by atoms with Gasteiger partial charge in [0.25, 0.3) is 0 Å². The highest BCUT2D eigenvalue weighted by Crippen LogP contribution is 2.16. The van der Waals surface area contributed by atoms with Crippen molar-refractivity contribution in [3.05, 3.63) is 0 Å². The molecule has 8 heteroatoms. The second-order valence-electron chi connectivity index (χ2n) is 13.5. The largest absolute Gasteiger partial charge is 0.341 e. The van der Waals surface area contributed by atoms with Crippen LogP contribution in [-0.2, 0) is 4.79 Å². The third-order valence-electron chi connectivity index (χ3n) is 8.95. The van der Waals surface area contributed by atoms with Gasteiger partial charge in [-0.3, -0.25) is 4.79 Å². The SMILES string of the molecule is C.CC1CCN(C(=O)[C@H](C)N)CC1.CN1CCCCC1.CN1CCCCC1.CN1CCCCC1.CN1CCN(C)CC1. The number of carbonyl (C=O) groups is 1. The highest BCUT2D eigenvalue weighted by atomic mass is 16.2. The van der Waals surface area contributed by atoms with E-state index in [1.54, 1.807) is 6.92 Å². The molecule has 1 amide bonds. The number of hydrogen-bond acceptors (Lipinski definition) is 7. The first-order chi connectivity index (χ1) is 19.6. The number of piperazine rings is 1. The summed E-state index contributed by atoms with van der Waals surface area (Å²) in [5.41, 5.74) is 5.51. The van der Waals surface area contributed by atoms with Gasteiger partial charge in [-0.2, -0.15) is 0 Å². The molecule has 5 aliphatic heterocycles. The number of carbonyl (C=O) groups excluding carboxylic acids is 1. The molecule has 5 aliphatic rings. The van der Waals surface area contributed by atoms with E-state index in [1.165, 1.54) is 123 Å². The Hall–Kier alpha value is -0.770. The second-order valence-corrected chi connectivity index (χ2v) is 13.5. The molecule has 2 N–H and O–H groups in total. The highest BCUT2D eigenvalue weighted by Gasteiger charge is 2.22. The molecule has 5 saturated heterocycles. The maximum atomic E-state index is 11.4. The standard InChI is InChI=1S/C9H18N2O.C6H14N2.3C6H13N.CH4/c1-7-3-5-11(6-4-7)9(12)8(2)10;1-7-3-5-8(2)6-4-7;3*1-7-5-3-2-4-6-7;/h7-8H,3-6,10H2,1-2H3;3-6H2,1-2H3;3*2-6H2,1H3;1H4/t8-;;;;;/m0...../s1. The Balaban J connectivity index is 0.000000506. The average Bonchev–Trinajstić information content (AvgIpc) is 2.97. The predicted octanol–water partition coefficient (Wildman–Crippen LogP) is 4.40. The number of rotatable bonds is 1. The minimum Gasteiger partial charge on any atom is -0.341 e. The van der Waals surface area contributed by atoms with Crippen molar-refractivity contribution < 1.29 is 4.79 Å². The van der Waals surface area contributed by atoms with Gasteiger partial charge in [0.15, 0.2) is 0 Å². The van der Waals surface area contributed by atoms with Crippen LogP contribution in [0.25, 0.3) is 0 Å². The summed E-state index contributed by atoms with van der Waals surface area (Å²) in [6.45, 7) is 18.6. The molecule has 0 aromatic rings. The molecule has 0 unspecified atom stereocenters. The maximum Gasteiger partial charge on any atom is 0.239 e. The Morgan fingerprint density at radius 1 is 0.524 bits per heavy atom. The number of amides is 1. The third-order valence-corrected chi connectivity index (χ3v) is 8.95. The zero-order valence-corrected chi connectivity index (χ0v) is 28.6. The van der Waals surface area contributed by atoms with Crippen LogP contribution in [0.5, 0.6) is 0 Å². The molecule has 252 valence electrons. The van der Waals surface area contributed by atoms with Gasteiger partial charge in [0.05, 0.1) is 6.04 Å². The Bertz CT molecular complexity index is 553. The molecule has 5 rings (SSSR count). The van der Waals surface area contributed by atoms with Crippen LogP contribution in [0.15, 0.2) is 0 Å². The van der Waals surface area contributed by atoms with Crippen LogP contribution >= 0.6 is 0 Å². The van der Waals surface area contributed by atoms with Crippen LogP contribution in [-0.4, -0.2) is 155 Å². The van der Waals surface area contributed by atoms with Crippen LogP contribution in [0.4, 0.5) is 0 Å². The van der Waals surface area contributed by atoms with Crippen LogP contribution in [0.3, 0.4) is 0 Å². The monoisotopic (exact) mass is 598 g/mol. The average molecular weight is 598 g/mol. The van der Waals surface area contributed by atoms with Gasteiger partial charge in [0, 0.05) is 39.3 Å². The van der Waals surface area contributed by atoms with Gasteiger partial charge in [0.1, 0.15) is 0 Å². The van der Waals surface area contributed by atoms with E-state index >= 15 is 0 Å². The Morgan fingerprint density at radius 3 is 1.00 bits per heavy atom. The van der Waals surface area contributed by atoms with Gasteiger partial charge in [-0.1, -0.05) is 33.6 Å². The van der Waals surface area contributed by atoms with E-state index < -0.39 is 0 Å². The lowest BCUT2D eigenvalue weighted by atomic mass is 9.99. The Kier molecular flexibility index (Phi) is 25.1. The van der Waals surface area contributed by atoms with E-state index in [0.717, 1.165) is 31.8 Å². The molecule has 42 heavy (non-hydrogen) atoms. The van der Waals surface area contributed by atoms with Gasteiger partial charge < -0.3 is 35.1 Å². The van der Waals surface area contributed by atoms with Gasteiger partial charge >= 0.3 is 0 Å². The summed E-state index contributed by atoms with van der Waals surface area (Å²) in [6, 6.07) is -0.335. The number of likely N-dealkylation sites (N-methyl/N-ethyl adjacent to an activating group) is 2. The zero-order valence-electron chi connectivity index (χ0n) is 28.6. The number of nitrogens with two attached hydrogens (primary N) is 1. The van der Waals surface area contributed by atoms with Crippen LogP contribution in [0, 0.1) is 5.92 Å². The molecule has 0 aromatic carbocycles. The summed E-state index contributed by atoms with van der Waals surface area (Å²) >= 11 is 0. The molecule has 0 aromatic heterocycles. The lowest BCUT2D eigenvalue weighted by molar-refractivity contribution is -0.133. The van der Waals surface area contributed by atoms with Crippen LogP contribution in [0.2, 0.25) is 0 Å². The molecule has 5 heterocycles. The van der Waals surface area contributed by atoms with Gasteiger partial charge in [-0.15, -0.1) is 0 Å². The summed E-state index contributed by atoms with van der Waals surface area (Å²) in [5.74, 6) is 0.865. The molecular formula is C34H75N7O. The molecule has 0 spiro atoms. The van der Waals surface area contributed by atoms with Crippen molar-refractivity contribution in [2.24, 2.45) is 11.7 Å². The molecule has 5 fully saturated rings. The fourth-order valence-electron chi connectivity index (χ4n) is 5.58. The predicted molar refractivity (Wildman–Crippen MR) is 184 cm³/mol. The van der Waals surface area contributed by atoms with E-state index in [-0.39, 0.29) is 19.4 Å². The highest BCUT2D eigenvalue weighted by molar-refractivity contribution is 5.81. The van der Waals surface area contributed by atoms with E-state index in [9.17, 15) is 4.79 Å². The van der Waals surface area contributed by atoms with Crippen molar-refractivity contribution in [1.82, 2.24) is 29.4 Å². The van der Waals surface area contributed by atoms with Crippen molar-refractivity contribution in [2.45, 2.75) is 97.9 Å². The van der Waals surface area contributed by atoms with Crippen molar-refractivity contribution >= 4 is 5.91 Å². The van der Waals surface area contributed by atoms with E-state index in [4.69, 9.17) is 5.73 Å². The molecule has 1 atom stereocenters. The zero-order chi connectivity index (χ0) is 30.5. The van der Waals surface area contributed by atoms with E-state index in [2.05, 4.69) is 66.7 Å². The first-order valence-corrected chi connectivity index (χ1v) is 17.1. The van der Waals surface area contributed by atoms with Crippen LogP contribution < -0.4 is 5.73 Å². The first-order valence-electron chi connectivity index (χ1n) is 17.1. The molecule has 8 nitrogen and oxygen atoms in total. The van der Waals surface area contributed by atoms with Crippen LogP contribution in [0.1, 0.15) is 91.9 Å². The van der Waals surface area contributed by atoms with Gasteiger partial charge in [-0.05, 0) is 139 Å². The topological polar surface area (TPSA) is 62.5 Å². The normalized spacial score (nSPS) is 24.0. The van der Waals surface area contributed by atoms with Crippen molar-refractivity contribution in [3.8, 4) is 0 Å². The van der Waals surface area contributed by atoms with E-state index in [0.29, 0.717) is 0 Å². The number of likely N-dealkylation sites (tertiary alicyclic amines) is 4. The molecular weight excluding hydrogens is 522 g/mol. The summed E-state index contributed by atoms with van der Waals surface area (Å²) < 4.78 is 0. The lowest BCUT2D eigenvalue weighted by Gasteiger charge is -2.31. The fraction of sp³-hybridized carbons (Fsp3) is 0.971. The summed E-state index contributed by atoms with van der Waals surface area (Å²) in [6.07, 6.45) is 15.1. The number of nitrogens with zero attached hydrogens (tertiary/aromatic N) is 6. The molecule has 0 aliphatic carbocycles. The van der Waals surface area contributed by atoms with Gasteiger partial charge in [0.2, 0.25) is 5.91 Å².